The molecule has 0 saturated heterocycles. The van der Waals surface area contributed by atoms with Crippen molar-refractivity contribution in [1.29, 1.82) is 0 Å². The molecule has 1 aromatic heterocycles. The van der Waals surface area contributed by atoms with Gasteiger partial charge < -0.3 is 5.32 Å². The quantitative estimate of drug-likeness (QED) is 0.844. The Morgan fingerprint density at radius 2 is 1.83 bits per heavy atom. The zero-order valence-electron chi connectivity index (χ0n) is 11.1. The number of para-hydroxylation sites is 1. The van der Waals surface area contributed by atoms with E-state index in [1.54, 1.807) is 0 Å². The summed E-state index contributed by atoms with van der Waals surface area (Å²) in [6, 6.07) is 12.9. The minimum absolute atomic E-state index is 0.590. The van der Waals surface area contributed by atoms with Crippen molar-refractivity contribution in [3.63, 3.8) is 0 Å². The molecular weight excluding hydrogens is 222 g/mol. The minimum atomic E-state index is 0.590. The van der Waals surface area contributed by atoms with Gasteiger partial charge >= 0.3 is 0 Å². The third-order valence-electron chi connectivity index (χ3n) is 3.22. The molecule has 2 aromatic rings. The maximum absolute atomic E-state index is 4.58. The Balaban J connectivity index is 1.98. The van der Waals surface area contributed by atoms with Gasteiger partial charge in [-0.15, -0.1) is 0 Å². The average molecular weight is 243 g/mol. The van der Waals surface area contributed by atoms with E-state index in [0.717, 1.165) is 30.8 Å². The highest BCUT2D eigenvalue weighted by atomic mass is 15.3. The molecule has 1 N–H and O–H groups in total. The zero-order chi connectivity index (χ0) is 12.8. The topological polar surface area (TPSA) is 29.9 Å². The van der Waals surface area contributed by atoms with Gasteiger partial charge in [-0.1, -0.05) is 32.0 Å². The van der Waals surface area contributed by atoms with Crippen molar-refractivity contribution in [2.24, 2.45) is 0 Å². The summed E-state index contributed by atoms with van der Waals surface area (Å²) < 4.78 is 1.92. The summed E-state index contributed by atoms with van der Waals surface area (Å²) in [6.45, 7) is 5.26. The van der Waals surface area contributed by atoms with E-state index < -0.39 is 0 Å². The molecule has 0 aliphatic rings. The maximum Gasteiger partial charge on any atom is 0.0766 e. The Bertz CT molecular complexity index is 458. The Morgan fingerprint density at radius 1 is 1.11 bits per heavy atom. The lowest BCUT2D eigenvalue weighted by Crippen LogP contribution is -2.27. The number of hydrogen-bond donors (Lipinski definition) is 1. The first-order valence-electron chi connectivity index (χ1n) is 6.66. The van der Waals surface area contributed by atoms with Crippen LogP contribution in [0.5, 0.6) is 0 Å². The molecule has 0 saturated carbocycles. The first-order valence-corrected chi connectivity index (χ1v) is 6.66. The van der Waals surface area contributed by atoms with E-state index in [2.05, 4.69) is 42.5 Å². The molecule has 0 aliphatic heterocycles. The van der Waals surface area contributed by atoms with Crippen LogP contribution in [-0.2, 0) is 6.54 Å². The van der Waals surface area contributed by atoms with E-state index in [1.807, 2.05) is 29.1 Å². The summed E-state index contributed by atoms with van der Waals surface area (Å²) in [5.74, 6) is 0. The van der Waals surface area contributed by atoms with Gasteiger partial charge in [0, 0.05) is 18.8 Å². The van der Waals surface area contributed by atoms with Crippen LogP contribution in [0.4, 0.5) is 0 Å². The van der Waals surface area contributed by atoms with E-state index in [9.17, 15) is 0 Å². The molecule has 18 heavy (non-hydrogen) atoms. The van der Waals surface area contributed by atoms with Gasteiger partial charge in [0.2, 0.25) is 0 Å². The molecule has 0 amide bonds. The molecule has 96 valence electrons. The van der Waals surface area contributed by atoms with Crippen LogP contribution >= 0.6 is 0 Å². The monoisotopic (exact) mass is 243 g/mol. The number of rotatable bonds is 6. The normalized spacial score (nSPS) is 11.1. The molecular formula is C15H21N3. The predicted molar refractivity (Wildman–Crippen MR) is 74.8 cm³/mol. The largest absolute Gasteiger partial charge is 0.308 e. The standard InChI is InChI=1S/C15H21N3/c1-3-13(4-2)16-12-14-10-11-18(17-14)15-8-6-5-7-9-15/h5-11,13,16H,3-4,12H2,1-2H3. The minimum Gasteiger partial charge on any atom is -0.308 e. The van der Waals surface area contributed by atoms with E-state index >= 15 is 0 Å². The van der Waals surface area contributed by atoms with Crippen molar-refractivity contribution in [2.75, 3.05) is 0 Å². The van der Waals surface area contributed by atoms with E-state index in [1.165, 1.54) is 0 Å². The summed E-state index contributed by atoms with van der Waals surface area (Å²) in [5, 5.41) is 8.10. The van der Waals surface area contributed by atoms with Gasteiger partial charge in [0.15, 0.2) is 0 Å². The average Bonchev–Trinajstić information content (AvgIpc) is 2.90. The molecule has 0 radical (unpaired) electrons. The summed E-state index contributed by atoms with van der Waals surface area (Å²) in [4.78, 5) is 0. The van der Waals surface area contributed by atoms with Crippen molar-refractivity contribution < 1.29 is 0 Å². The molecule has 3 heteroatoms. The Kier molecular flexibility index (Phi) is 4.53. The lowest BCUT2D eigenvalue weighted by Gasteiger charge is -2.13. The molecule has 0 bridgehead atoms. The highest BCUT2D eigenvalue weighted by Crippen LogP contribution is 2.07. The van der Waals surface area contributed by atoms with Gasteiger partial charge in [-0.05, 0) is 31.0 Å². The van der Waals surface area contributed by atoms with Crippen LogP contribution in [0.15, 0.2) is 42.6 Å². The van der Waals surface area contributed by atoms with Gasteiger partial charge in [-0.2, -0.15) is 5.10 Å². The van der Waals surface area contributed by atoms with Crippen LogP contribution in [0.2, 0.25) is 0 Å². The van der Waals surface area contributed by atoms with E-state index in [-0.39, 0.29) is 0 Å². The Morgan fingerprint density at radius 3 is 2.50 bits per heavy atom. The Hall–Kier alpha value is -1.61. The lowest BCUT2D eigenvalue weighted by molar-refractivity contribution is 0.479. The van der Waals surface area contributed by atoms with Gasteiger partial charge in [0.05, 0.1) is 11.4 Å². The van der Waals surface area contributed by atoms with Crippen LogP contribution < -0.4 is 5.32 Å². The van der Waals surface area contributed by atoms with Crippen LogP contribution in [0.25, 0.3) is 5.69 Å². The highest BCUT2D eigenvalue weighted by Gasteiger charge is 2.04. The van der Waals surface area contributed by atoms with Crippen LogP contribution in [0.1, 0.15) is 32.4 Å². The SMILES string of the molecule is CCC(CC)NCc1ccn(-c2ccccc2)n1. The second kappa shape index (κ2) is 6.36. The van der Waals surface area contributed by atoms with Crippen molar-refractivity contribution in [1.82, 2.24) is 15.1 Å². The number of nitrogens with one attached hydrogen (secondary N) is 1. The van der Waals surface area contributed by atoms with Crippen molar-refractivity contribution in [2.45, 2.75) is 39.3 Å². The third kappa shape index (κ3) is 3.20. The van der Waals surface area contributed by atoms with E-state index in [0.29, 0.717) is 6.04 Å². The highest BCUT2D eigenvalue weighted by molar-refractivity contribution is 5.30. The number of nitrogens with zero attached hydrogens (tertiary/aromatic N) is 2. The molecule has 0 aliphatic carbocycles. The van der Waals surface area contributed by atoms with Crippen molar-refractivity contribution >= 4 is 0 Å². The second-order valence-electron chi connectivity index (χ2n) is 4.48. The van der Waals surface area contributed by atoms with Crippen LogP contribution in [0.3, 0.4) is 0 Å². The molecule has 1 aromatic carbocycles. The second-order valence-corrected chi connectivity index (χ2v) is 4.48. The fourth-order valence-corrected chi connectivity index (χ4v) is 2.01. The lowest BCUT2D eigenvalue weighted by atomic mass is 10.2. The zero-order valence-corrected chi connectivity index (χ0v) is 11.1. The molecule has 0 fully saturated rings. The molecule has 1 heterocycles. The van der Waals surface area contributed by atoms with E-state index in [4.69, 9.17) is 0 Å². The van der Waals surface area contributed by atoms with Gasteiger partial charge in [-0.3, -0.25) is 0 Å². The van der Waals surface area contributed by atoms with Gasteiger partial charge in [0.1, 0.15) is 0 Å². The molecule has 0 unspecified atom stereocenters. The van der Waals surface area contributed by atoms with Gasteiger partial charge in [-0.25, -0.2) is 4.68 Å². The summed E-state index contributed by atoms with van der Waals surface area (Å²) in [5.41, 5.74) is 2.19. The summed E-state index contributed by atoms with van der Waals surface area (Å²) in [7, 11) is 0. The number of benzene rings is 1. The van der Waals surface area contributed by atoms with Crippen molar-refractivity contribution in [3.05, 3.63) is 48.3 Å². The number of aromatic nitrogens is 2. The Labute approximate surface area is 109 Å². The van der Waals surface area contributed by atoms with Crippen LogP contribution in [-0.4, -0.2) is 15.8 Å². The number of hydrogen-bond acceptors (Lipinski definition) is 2. The first-order chi connectivity index (χ1) is 8.83. The molecule has 0 spiro atoms. The van der Waals surface area contributed by atoms with Gasteiger partial charge in [0.25, 0.3) is 0 Å². The molecule has 2 rings (SSSR count). The first kappa shape index (κ1) is 12.8. The fraction of sp³-hybridized carbons (Fsp3) is 0.400. The predicted octanol–water partition coefficient (Wildman–Crippen LogP) is 3.15. The maximum atomic E-state index is 4.58. The third-order valence-corrected chi connectivity index (χ3v) is 3.22. The summed E-state index contributed by atoms with van der Waals surface area (Å²) >= 11 is 0. The van der Waals surface area contributed by atoms with Crippen molar-refractivity contribution in [3.8, 4) is 5.69 Å². The molecule has 3 nitrogen and oxygen atoms in total. The molecule has 0 atom stereocenters. The smallest absolute Gasteiger partial charge is 0.0766 e. The van der Waals surface area contributed by atoms with Crippen LogP contribution in [0, 0.1) is 0 Å². The fourth-order valence-electron chi connectivity index (χ4n) is 2.01. The summed E-state index contributed by atoms with van der Waals surface area (Å²) in [6.07, 6.45) is 4.34.